The number of rotatable bonds is 6. The van der Waals surface area contributed by atoms with Gasteiger partial charge in [-0.2, -0.15) is 13.2 Å². The molecule has 0 aliphatic heterocycles. The number of nitrogens with one attached hydrogen (secondary N) is 1. The molecule has 1 aliphatic carbocycles. The van der Waals surface area contributed by atoms with Crippen molar-refractivity contribution in [3.05, 3.63) is 29.8 Å². The van der Waals surface area contributed by atoms with Gasteiger partial charge in [0.25, 0.3) is 0 Å². The molecule has 1 amide bonds. The fraction of sp³-hybridized carbons (Fsp3) is 0.529. The van der Waals surface area contributed by atoms with Crippen LogP contribution in [-0.2, 0) is 15.8 Å². The monoisotopic (exact) mass is 359 g/mol. The van der Waals surface area contributed by atoms with Crippen LogP contribution in [0.3, 0.4) is 0 Å². The number of carbonyl (C=O) groups is 2. The second kappa shape index (κ2) is 8.22. The van der Waals surface area contributed by atoms with Gasteiger partial charge in [0.05, 0.1) is 18.0 Å². The summed E-state index contributed by atoms with van der Waals surface area (Å²) in [6.45, 7) is -0.0484. The molecule has 2 atom stereocenters. The summed E-state index contributed by atoms with van der Waals surface area (Å²) in [5, 5.41) is 11.6. The molecule has 5 nitrogen and oxygen atoms in total. The molecule has 0 spiro atoms. The van der Waals surface area contributed by atoms with Crippen LogP contribution in [0.5, 0.6) is 5.75 Å². The summed E-state index contributed by atoms with van der Waals surface area (Å²) in [7, 11) is 0. The summed E-state index contributed by atoms with van der Waals surface area (Å²) < 4.78 is 43.6. The van der Waals surface area contributed by atoms with E-state index in [1.807, 2.05) is 0 Å². The quantitative estimate of drug-likeness (QED) is 0.766. The largest absolute Gasteiger partial charge is 0.491 e. The molecule has 0 radical (unpaired) electrons. The third-order valence-electron chi connectivity index (χ3n) is 4.25. The van der Waals surface area contributed by atoms with Crippen LogP contribution in [0.2, 0.25) is 0 Å². The average Bonchev–Trinajstić information content (AvgIpc) is 2.58. The molecular formula is C17H20F3NO4. The van der Waals surface area contributed by atoms with Gasteiger partial charge in [0.15, 0.2) is 0 Å². The lowest BCUT2D eigenvalue weighted by Crippen LogP contribution is -2.37. The van der Waals surface area contributed by atoms with E-state index in [1.54, 1.807) is 0 Å². The normalized spacial score (nSPS) is 20.8. The molecule has 1 saturated carbocycles. The molecule has 2 N–H and O–H groups in total. The van der Waals surface area contributed by atoms with E-state index >= 15 is 0 Å². The number of amides is 1. The number of ether oxygens (including phenoxy) is 1. The SMILES string of the molecule is O=C(O)C1CCCC(C(=O)NCCOc2ccccc2C(F)(F)F)C1. The van der Waals surface area contributed by atoms with Crippen LogP contribution in [0.4, 0.5) is 13.2 Å². The minimum atomic E-state index is -4.51. The first-order valence-electron chi connectivity index (χ1n) is 8.08. The lowest BCUT2D eigenvalue weighted by molar-refractivity contribution is -0.144. The summed E-state index contributed by atoms with van der Waals surface area (Å²) >= 11 is 0. The van der Waals surface area contributed by atoms with Crippen LogP contribution in [0.1, 0.15) is 31.2 Å². The van der Waals surface area contributed by atoms with Crippen molar-refractivity contribution in [1.82, 2.24) is 5.32 Å². The summed E-state index contributed by atoms with van der Waals surface area (Å²) in [5.74, 6) is -2.35. The topological polar surface area (TPSA) is 75.6 Å². The predicted octanol–water partition coefficient (Wildman–Crippen LogP) is 3.09. The lowest BCUT2D eigenvalue weighted by atomic mass is 9.81. The lowest BCUT2D eigenvalue weighted by Gasteiger charge is -2.25. The Morgan fingerprint density at radius 3 is 2.56 bits per heavy atom. The Bertz CT molecular complexity index is 618. The first-order chi connectivity index (χ1) is 11.8. The second-order valence-electron chi connectivity index (χ2n) is 6.03. The summed E-state index contributed by atoms with van der Waals surface area (Å²) in [5.41, 5.74) is -0.863. The van der Waals surface area contributed by atoms with Crippen molar-refractivity contribution in [3.63, 3.8) is 0 Å². The van der Waals surface area contributed by atoms with Crippen LogP contribution >= 0.6 is 0 Å². The number of para-hydroxylation sites is 1. The Morgan fingerprint density at radius 1 is 1.20 bits per heavy atom. The fourth-order valence-electron chi connectivity index (χ4n) is 2.96. The molecule has 8 heteroatoms. The van der Waals surface area contributed by atoms with E-state index in [1.165, 1.54) is 18.2 Å². The van der Waals surface area contributed by atoms with Crippen LogP contribution in [0.25, 0.3) is 0 Å². The van der Waals surface area contributed by atoms with Gasteiger partial charge in [-0.25, -0.2) is 0 Å². The maximum atomic E-state index is 12.8. The van der Waals surface area contributed by atoms with Crippen LogP contribution in [0, 0.1) is 11.8 Å². The molecule has 0 bridgehead atoms. The standard InChI is InChI=1S/C17H20F3NO4/c18-17(19,20)13-6-1-2-7-14(13)25-9-8-21-15(22)11-4-3-5-12(10-11)16(23)24/h1-2,6-7,11-12H,3-5,8-10H2,(H,21,22)(H,23,24). The third kappa shape index (κ3) is 5.37. The molecule has 1 aromatic carbocycles. The molecule has 0 heterocycles. The zero-order valence-corrected chi connectivity index (χ0v) is 13.5. The number of carboxylic acids is 1. The number of carboxylic acid groups (broad SMARTS) is 1. The van der Waals surface area contributed by atoms with Gasteiger partial charge in [-0.3, -0.25) is 9.59 Å². The average molecular weight is 359 g/mol. The molecule has 2 rings (SSSR count). The van der Waals surface area contributed by atoms with E-state index in [4.69, 9.17) is 9.84 Å². The molecule has 1 fully saturated rings. The predicted molar refractivity (Wildman–Crippen MR) is 83.0 cm³/mol. The van der Waals surface area contributed by atoms with Crippen LogP contribution < -0.4 is 10.1 Å². The smallest absolute Gasteiger partial charge is 0.419 e. The Balaban J connectivity index is 1.80. The highest BCUT2D eigenvalue weighted by Crippen LogP contribution is 2.35. The number of hydrogen-bond acceptors (Lipinski definition) is 3. The van der Waals surface area contributed by atoms with Crippen molar-refractivity contribution in [3.8, 4) is 5.75 Å². The van der Waals surface area contributed by atoms with Gasteiger partial charge in [-0.05, 0) is 31.4 Å². The third-order valence-corrected chi connectivity index (χ3v) is 4.25. The molecule has 1 aromatic rings. The van der Waals surface area contributed by atoms with Crippen molar-refractivity contribution < 1.29 is 32.6 Å². The fourth-order valence-corrected chi connectivity index (χ4v) is 2.96. The van der Waals surface area contributed by atoms with Gasteiger partial charge in [0, 0.05) is 5.92 Å². The highest BCUT2D eigenvalue weighted by atomic mass is 19.4. The Hall–Kier alpha value is -2.25. The molecule has 0 aromatic heterocycles. The van der Waals surface area contributed by atoms with Gasteiger partial charge < -0.3 is 15.2 Å². The maximum Gasteiger partial charge on any atom is 0.419 e. The number of benzene rings is 1. The van der Waals surface area contributed by atoms with Crippen molar-refractivity contribution in [2.24, 2.45) is 11.8 Å². The summed E-state index contributed by atoms with van der Waals surface area (Å²) in [6, 6.07) is 4.88. The van der Waals surface area contributed by atoms with Crippen molar-refractivity contribution in [1.29, 1.82) is 0 Å². The van der Waals surface area contributed by atoms with Crippen LogP contribution in [0.15, 0.2) is 24.3 Å². The molecular weight excluding hydrogens is 339 g/mol. The van der Waals surface area contributed by atoms with Gasteiger partial charge in [0.1, 0.15) is 12.4 Å². The number of hydrogen-bond donors (Lipinski definition) is 2. The van der Waals surface area contributed by atoms with Crippen molar-refractivity contribution >= 4 is 11.9 Å². The Labute approximate surface area is 143 Å². The minimum absolute atomic E-state index is 0.0548. The van der Waals surface area contributed by atoms with E-state index in [-0.39, 0.29) is 30.7 Å². The van der Waals surface area contributed by atoms with E-state index in [9.17, 15) is 22.8 Å². The maximum absolute atomic E-state index is 12.8. The number of carbonyl (C=O) groups excluding carboxylic acids is 1. The van der Waals surface area contributed by atoms with E-state index in [2.05, 4.69) is 5.32 Å². The van der Waals surface area contributed by atoms with Crippen LogP contribution in [-0.4, -0.2) is 30.1 Å². The first kappa shape index (κ1) is 19.1. The number of aliphatic carboxylic acids is 1. The molecule has 1 aliphatic rings. The summed E-state index contributed by atoms with van der Waals surface area (Å²) in [6.07, 6.45) is -2.36. The highest BCUT2D eigenvalue weighted by molar-refractivity contribution is 5.80. The van der Waals surface area contributed by atoms with Gasteiger partial charge in [-0.1, -0.05) is 18.6 Å². The van der Waals surface area contributed by atoms with E-state index in [0.717, 1.165) is 6.07 Å². The van der Waals surface area contributed by atoms with Gasteiger partial charge in [-0.15, -0.1) is 0 Å². The van der Waals surface area contributed by atoms with Crippen molar-refractivity contribution in [2.45, 2.75) is 31.9 Å². The first-order valence-corrected chi connectivity index (χ1v) is 8.08. The molecule has 138 valence electrons. The minimum Gasteiger partial charge on any atom is -0.491 e. The number of halogens is 3. The second-order valence-corrected chi connectivity index (χ2v) is 6.03. The molecule has 25 heavy (non-hydrogen) atoms. The van der Waals surface area contributed by atoms with Crippen molar-refractivity contribution in [2.75, 3.05) is 13.2 Å². The Morgan fingerprint density at radius 2 is 1.88 bits per heavy atom. The summed E-state index contributed by atoms with van der Waals surface area (Å²) in [4.78, 5) is 23.1. The van der Waals surface area contributed by atoms with Gasteiger partial charge >= 0.3 is 12.1 Å². The zero-order valence-electron chi connectivity index (χ0n) is 13.5. The van der Waals surface area contributed by atoms with Gasteiger partial charge in [0.2, 0.25) is 5.91 Å². The van der Waals surface area contributed by atoms with E-state index in [0.29, 0.717) is 25.7 Å². The Kier molecular flexibility index (Phi) is 6.27. The molecule has 2 unspecified atom stereocenters. The molecule has 0 saturated heterocycles. The zero-order chi connectivity index (χ0) is 18.4. The highest BCUT2D eigenvalue weighted by Gasteiger charge is 2.34. The van der Waals surface area contributed by atoms with E-state index < -0.39 is 23.6 Å². The number of alkyl halides is 3.